The smallest absolute Gasteiger partial charge is 0.326 e. The maximum absolute atomic E-state index is 11.2. The number of anilines is 1. The number of thiazole rings is 1. The van der Waals surface area contributed by atoms with E-state index in [-0.39, 0.29) is 17.7 Å². The molecule has 1 heterocycles. The first-order chi connectivity index (χ1) is 13.5. The van der Waals surface area contributed by atoms with E-state index >= 15 is 0 Å². The van der Waals surface area contributed by atoms with Gasteiger partial charge in [-0.3, -0.25) is 4.79 Å². The molecule has 3 N–H and O–H groups in total. The number of methoxy groups -OCH3 is 1. The summed E-state index contributed by atoms with van der Waals surface area (Å²) >= 11 is 8.33. The van der Waals surface area contributed by atoms with Gasteiger partial charge in [-0.05, 0) is 12.5 Å². The highest BCUT2D eigenvalue weighted by Crippen LogP contribution is 2.37. The number of ether oxygens (including phenoxy) is 1. The topological polar surface area (TPSA) is 101 Å². The Morgan fingerprint density at radius 3 is 2.62 bits per heavy atom. The highest BCUT2D eigenvalue weighted by atomic mass is 32.2. The largest absolute Gasteiger partial charge is 0.494 e. The fourth-order valence-electron chi connectivity index (χ4n) is 2.46. The predicted molar refractivity (Wildman–Crippen MR) is 123 cm³/mol. The third kappa shape index (κ3) is 6.55. The van der Waals surface area contributed by atoms with Gasteiger partial charge in [0.1, 0.15) is 16.1 Å². The molecule has 2 aromatic rings. The van der Waals surface area contributed by atoms with Gasteiger partial charge < -0.3 is 20.5 Å². The molecule has 1 atom stereocenters. The molecule has 1 amide bonds. The third-order valence-corrected chi connectivity index (χ3v) is 6.61. The molecule has 0 aliphatic carbocycles. The SMILES string of the molecule is COc1cc2nc(C(C)(C)C)sc2cc1NC(=S)SCCC(NC(C)=O)C(=O)O. The number of thioether (sulfide) groups is 1. The summed E-state index contributed by atoms with van der Waals surface area (Å²) in [7, 11) is 1.59. The van der Waals surface area contributed by atoms with Crippen LogP contribution in [0.3, 0.4) is 0 Å². The molecule has 1 aromatic heterocycles. The van der Waals surface area contributed by atoms with E-state index in [1.165, 1.54) is 18.7 Å². The van der Waals surface area contributed by atoms with Crippen molar-refractivity contribution in [2.24, 2.45) is 0 Å². The summed E-state index contributed by atoms with van der Waals surface area (Å²) < 4.78 is 7.00. The molecule has 29 heavy (non-hydrogen) atoms. The number of carboxylic acid groups (broad SMARTS) is 1. The molecule has 0 spiro atoms. The minimum Gasteiger partial charge on any atom is -0.494 e. The fraction of sp³-hybridized carbons (Fsp3) is 0.474. The van der Waals surface area contributed by atoms with Crippen molar-refractivity contribution in [2.75, 3.05) is 18.2 Å². The van der Waals surface area contributed by atoms with Crippen molar-refractivity contribution in [1.82, 2.24) is 10.3 Å². The Kier molecular flexibility index (Phi) is 7.84. The van der Waals surface area contributed by atoms with Crippen molar-refractivity contribution < 1.29 is 19.4 Å². The number of hydrogen-bond donors (Lipinski definition) is 3. The van der Waals surface area contributed by atoms with Crippen LogP contribution in [0.4, 0.5) is 5.69 Å². The molecule has 1 unspecified atom stereocenters. The van der Waals surface area contributed by atoms with Gasteiger partial charge in [-0.1, -0.05) is 44.8 Å². The number of amides is 1. The monoisotopic (exact) mass is 455 g/mol. The van der Waals surface area contributed by atoms with Gasteiger partial charge in [0.25, 0.3) is 0 Å². The van der Waals surface area contributed by atoms with E-state index in [0.717, 1.165) is 20.9 Å². The number of carbonyl (C=O) groups is 2. The molecule has 0 radical (unpaired) electrons. The van der Waals surface area contributed by atoms with Gasteiger partial charge in [-0.15, -0.1) is 11.3 Å². The first-order valence-electron chi connectivity index (χ1n) is 8.94. The van der Waals surface area contributed by atoms with Crippen LogP contribution < -0.4 is 15.4 Å². The average Bonchev–Trinajstić information content (AvgIpc) is 3.03. The Hall–Kier alpha value is -1.91. The van der Waals surface area contributed by atoms with E-state index in [9.17, 15) is 9.59 Å². The standard InChI is InChI=1S/C19H25N3O4S3/c1-10(23)20-11(16(24)25)6-7-28-18(27)22-12-9-15-13(8-14(12)26-5)21-17(29-15)19(2,3)4/h8-9,11H,6-7H2,1-5H3,(H,20,23)(H,22,27)(H,24,25). The highest BCUT2D eigenvalue weighted by molar-refractivity contribution is 8.23. The van der Waals surface area contributed by atoms with Crippen LogP contribution in [0.2, 0.25) is 0 Å². The van der Waals surface area contributed by atoms with Gasteiger partial charge in [0.15, 0.2) is 0 Å². The van der Waals surface area contributed by atoms with Crippen LogP contribution in [-0.4, -0.2) is 45.2 Å². The second-order valence-corrected chi connectivity index (χ2v) is 10.2. The van der Waals surface area contributed by atoms with E-state index < -0.39 is 12.0 Å². The maximum Gasteiger partial charge on any atom is 0.326 e. The van der Waals surface area contributed by atoms with Crippen LogP contribution in [0, 0.1) is 0 Å². The van der Waals surface area contributed by atoms with E-state index in [1.54, 1.807) is 18.4 Å². The molecule has 0 saturated heterocycles. The first-order valence-corrected chi connectivity index (χ1v) is 11.1. The number of hydrogen-bond acceptors (Lipinski definition) is 7. The van der Waals surface area contributed by atoms with Gasteiger partial charge in [0, 0.05) is 24.2 Å². The Bertz CT molecular complexity index is 921. The summed E-state index contributed by atoms with van der Waals surface area (Å²) in [5.41, 5.74) is 1.57. The van der Waals surface area contributed by atoms with E-state index in [0.29, 0.717) is 15.8 Å². The molecule has 0 aliphatic rings. The van der Waals surface area contributed by atoms with Crippen LogP contribution in [-0.2, 0) is 15.0 Å². The fourth-order valence-corrected chi connectivity index (χ4v) is 4.59. The lowest BCUT2D eigenvalue weighted by Gasteiger charge is -2.14. The molecule has 0 fully saturated rings. The lowest BCUT2D eigenvalue weighted by Crippen LogP contribution is -2.40. The van der Waals surface area contributed by atoms with Gasteiger partial charge >= 0.3 is 5.97 Å². The van der Waals surface area contributed by atoms with Crippen LogP contribution in [0.15, 0.2) is 12.1 Å². The predicted octanol–water partition coefficient (Wildman–Crippen LogP) is 4.01. The maximum atomic E-state index is 11.2. The normalized spacial score (nSPS) is 12.4. The first kappa shape index (κ1) is 23.4. The Morgan fingerprint density at radius 2 is 2.07 bits per heavy atom. The minimum atomic E-state index is -1.06. The number of rotatable bonds is 7. The second kappa shape index (κ2) is 9.73. The molecule has 10 heteroatoms. The summed E-state index contributed by atoms with van der Waals surface area (Å²) in [5, 5.41) is 15.8. The zero-order chi connectivity index (χ0) is 21.8. The van der Waals surface area contributed by atoms with Gasteiger partial charge in [0.05, 0.1) is 28.0 Å². The van der Waals surface area contributed by atoms with Crippen LogP contribution in [0.1, 0.15) is 39.1 Å². The summed E-state index contributed by atoms with van der Waals surface area (Å²) in [6.45, 7) is 7.66. The lowest BCUT2D eigenvalue weighted by atomic mass is 9.98. The molecular formula is C19H25N3O4S3. The van der Waals surface area contributed by atoms with E-state index in [2.05, 4.69) is 31.4 Å². The number of benzene rings is 1. The Labute approximate surface area is 183 Å². The summed E-state index contributed by atoms with van der Waals surface area (Å²) in [6, 6.07) is 2.92. The molecule has 0 bridgehead atoms. The van der Waals surface area contributed by atoms with Gasteiger partial charge in [0.2, 0.25) is 5.91 Å². The van der Waals surface area contributed by atoms with Crippen molar-refractivity contribution in [3.05, 3.63) is 17.1 Å². The molecule has 1 aromatic carbocycles. The molecule has 158 valence electrons. The van der Waals surface area contributed by atoms with Crippen LogP contribution in [0.25, 0.3) is 10.2 Å². The molecule has 2 rings (SSSR count). The number of aliphatic carboxylic acids is 1. The van der Waals surface area contributed by atoms with Gasteiger partial charge in [-0.2, -0.15) is 0 Å². The van der Waals surface area contributed by atoms with Crippen LogP contribution >= 0.6 is 35.3 Å². The van der Waals surface area contributed by atoms with E-state index in [1.807, 2.05) is 12.1 Å². The quantitative estimate of drug-likeness (QED) is 0.539. The Balaban J connectivity index is 2.07. The highest BCUT2D eigenvalue weighted by Gasteiger charge is 2.21. The molecule has 0 aliphatic heterocycles. The number of fused-ring (bicyclic) bond motifs is 1. The van der Waals surface area contributed by atoms with Crippen molar-refractivity contribution in [1.29, 1.82) is 0 Å². The van der Waals surface area contributed by atoms with Crippen molar-refractivity contribution in [3.63, 3.8) is 0 Å². The van der Waals surface area contributed by atoms with Crippen molar-refractivity contribution in [2.45, 2.75) is 45.6 Å². The second-order valence-electron chi connectivity index (χ2n) is 7.43. The summed E-state index contributed by atoms with van der Waals surface area (Å²) in [6.07, 6.45) is 0.265. The summed E-state index contributed by atoms with van der Waals surface area (Å²) in [4.78, 5) is 27.0. The third-order valence-electron chi connectivity index (χ3n) is 3.90. The van der Waals surface area contributed by atoms with Gasteiger partial charge in [-0.25, -0.2) is 9.78 Å². The minimum absolute atomic E-state index is 0.0374. The molecule has 7 nitrogen and oxygen atoms in total. The van der Waals surface area contributed by atoms with E-state index in [4.69, 9.17) is 27.0 Å². The number of carboxylic acids is 1. The number of aromatic nitrogens is 1. The van der Waals surface area contributed by atoms with Crippen LogP contribution in [0.5, 0.6) is 5.75 Å². The zero-order valence-corrected chi connectivity index (χ0v) is 19.4. The number of carbonyl (C=O) groups excluding carboxylic acids is 1. The average molecular weight is 456 g/mol. The molecular weight excluding hydrogens is 430 g/mol. The zero-order valence-electron chi connectivity index (χ0n) is 17.0. The van der Waals surface area contributed by atoms with Crippen molar-refractivity contribution in [3.8, 4) is 5.75 Å². The molecule has 0 saturated carbocycles. The summed E-state index contributed by atoms with van der Waals surface area (Å²) in [5.74, 6) is -0.359. The lowest BCUT2D eigenvalue weighted by molar-refractivity contribution is -0.141. The Morgan fingerprint density at radius 1 is 1.38 bits per heavy atom. The number of thiocarbonyl (C=S) groups is 1. The van der Waals surface area contributed by atoms with Crippen molar-refractivity contribution >= 4 is 67.4 Å². The number of nitrogens with zero attached hydrogens (tertiary/aromatic N) is 1. The number of nitrogens with one attached hydrogen (secondary N) is 2.